The molecule has 154 valence electrons. The van der Waals surface area contributed by atoms with Gasteiger partial charge in [-0.15, -0.1) is 0 Å². The number of likely N-dealkylation sites (tertiary alicyclic amines) is 1. The van der Waals surface area contributed by atoms with Crippen LogP contribution in [0.3, 0.4) is 0 Å². The van der Waals surface area contributed by atoms with Crippen LogP contribution in [0.2, 0.25) is 0 Å². The van der Waals surface area contributed by atoms with E-state index in [-0.39, 0.29) is 17.7 Å². The Hall–Kier alpha value is -3.14. The zero-order chi connectivity index (χ0) is 20.9. The third-order valence-corrected chi connectivity index (χ3v) is 6.02. The number of benzene rings is 3. The van der Waals surface area contributed by atoms with Crippen LogP contribution in [0.25, 0.3) is 10.8 Å². The van der Waals surface area contributed by atoms with Gasteiger partial charge in [0.1, 0.15) is 0 Å². The number of hydrogen-bond acceptors (Lipinski definition) is 2. The largest absolute Gasteiger partial charge is 0.342 e. The van der Waals surface area contributed by atoms with Crippen LogP contribution in [0.5, 0.6) is 0 Å². The summed E-state index contributed by atoms with van der Waals surface area (Å²) < 4.78 is 0. The first-order chi connectivity index (χ1) is 14.7. The highest BCUT2D eigenvalue weighted by Crippen LogP contribution is 2.23. The first-order valence-electron chi connectivity index (χ1n) is 10.8. The lowest BCUT2D eigenvalue weighted by Crippen LogP contribution is -2.44. The number of para-hydroxylation sites is 1. The molecule has 4 heteroatoms. The zero-order valence-electron chi connectivity index (χ0n) is 17.4. The molecule has 1 heterocycles. The van der Waals surface area contributed by atoms with E-state index >= 15 is 0 Å². The Morgan fingerprint density at radius 2 is 1.70 bits per heavy atom. The topological polar surface area (TPSA) is 49.4 Å². The van der Waals surface area contributed by atoms with Crippen molar-refractivity contribution in [3.63, 3.8) is 0 Å². The molecule has 1 fully saturated rings. The maximum Gasteiger partial charge on any atom is 0.229 e. The van der Waals surface area contributed by atoms with Crippen molar-refractivity contribution in [2.45, 2.75) is 32.6 Å². The van der Waals surface area contributed by atoms with E-state index in [1.165, 1.54) is 0 Å². The number of nitrogens with one attached hydrogen (secondary N) is 1. The van der Waals surface area contributed by atoms with E-state index < -0.39 is 0 Å². The van der Waals surface area contributed by atoms with Crippen LogP contribution in [-0.2, 0) is 22.4 Å². The summed E-state index contributed by atoms with van der Waals surface area (Å²) in [6.07, 6.45) is 2.91. The van der Waals surface area contributed by atoms with Crippen LogP contribution in [-0.4, -0.2) is 29.8 Å². The predicted molar refractivity (Wildman–Crippen MR) is 121 cm³/mol. The van der Waals surface area contributed by atoms with E-state index in [4.69, 9.17) is 0 Å². The second-order valence-corrected chi connectivity index (χ2v) is 7.99. The van der Waals surface area contributed by atoms with Crippen molar-refractivity contribution in [2.24, 2.45) is 5.92 Å². The lowest BCUT2D eigenvalue weighted by Gasteiger charge is -2.32. The van der Waals surface area contributed by atoms with Gasteiger partial charge < -0.3 is 10.2 Å². The fourth-order valence-electron chi connectivity index (χ4n) is 4.32. The van der Waals surface area contributed by atoms with Crippen molar-refractivity contribution in [1.82, 2.24) is 4.90 Å². The molecule has 0 unspecified atom stereocenters. The highest BCUT2D eigenvalue weighted by molar-refractivity contribution is 5.94. The quantitative estimate of drug-likeness (QED) is 0.667. The van der Waals surface area contributed by atoms with Gasteiger partial charge in [0, 0.05) is 18.8 Å². The highest BCUT2D eigenvalue weighted by atomic mass is 16.2. The Bertz CT molecular complexity index is 1050. The molecule has 1 aliphatic rings. The summed E-state index contributed by atoms with van der Waals surface area (Å²) in [5, 5.41) is 5.36. The van der Waals surface area contributed by atoms with Gasteiger partial charge in [-0.1, -0.05) is 67.6 Å². The van der Waals surface area contributed by atoms with Crippen LogP contribution in [0.4, 0.5) is 5.69 Å². The van der Waals surface area contributed by atoms with E-state index in [1.54, 1.807) is 0 Å². The van der Waals surface area contributed by atoms with Crippen LogP contribution < -0.4 is 5.32 Å². The van der Waals surface area contributed by atoms with Crippen molar-refractivity contribution in [3.05, 3.63) is 77.9 Å². The van der Waals surface area contributed by atoms with E-state index in [2.05, 4.69) is 30.4 Å². The Kier molecular flexibility index (Phi) is 6.12. The molecule has 0 aromatic heterocycles. The van der Waals surface area contributed by atoms with Crippen LogP contribution in [0.15, 0.2) is 66.7 Å². The van der Waals surface area contributed by atoms with Gasteiger partial charge in [0.25, 0.3) is 0 Å². The van der Waals surface area contributed by atoms with Gasteiger partial charge in [0.15, 0.2) is 0 Å². The van der Waals surface area contributed by atoms with Crippen molar-refractivity contribution in [2.75, 3.05) is 18.4 Å². The lowest BCUT2D eigenvalue weighted by atomic mass is 9.95. The Morgan fingerprint density at radius 1 is 0.967 bits per heavy atom. The molecule has 1 aliphatic heterocycles. The Morgan fingerprint density at radius 3 is 2.57 bits per heavy atom. The van der Waals surface area contributed by atoms with Gasteiger partial charge in [0.05, 0.1) is 12.3 Å². The third-order valence-electron chi connectivity index (χ3n) is 6.02. The van der Waals surface area contributed by atoms with E-state index in [0.29, 0.717) is 13.0 Å². The minimum absolute atomic E-state index is 0.0126. The van der Waals surface area contributed by atoms with Crippen molar-refractivity contribution in [3.8, 4) is 0 Å². The number of carbonyl (C=O) groups is 2. The highest BCUT2D eigenvalue weighted by Gasteiger charge is 2.28. The maximum absolute atomic E-state index is 13.0. The molecular weight excluding hydrogens is 372 g/mol. The minimum atomic E-state index is -0.167. The second kappa shape index (κ2) is 9.12. The molecule has 30 heavy (non-hydrogen) atoms. The molecule has 4 rings (SSSR count). The minimum Gasteiger partial charge on any atom is -0.342 e. The van der Waals surface area contributed by atoms with Crippen molar-refractivity contribution < 1.29 is 9.59 Å². The molecule has 1 N–H and O–H groups in total. The zero-order valence-corrected chi connectivity index (χ0v) is 17.4. The number of amides is 2. The van der Waals surface area contributed by atoms with Gasteiger partial charge >= 0.3 is 0 Å². The van der Waals surface area contributed by atoms with E-state index in [9.17, 15) is 9.59 Å². The Balaban J connectivity index is 1.43. The number of carbonyl (C=O) groups excluding carboxylic acids is 2. The number of piperidine rings is 1. The number of fused-ring (bicyclic) bond motifs is 1. The van der Waals surface area contributed by atoms with Crippen LogP contribution in [0.1, 0.15) is 30.9 Å². The summed E-state index contributed by atoms with van der Waals surface area (Å²) in [5.74, 6) is -0.0588. The summed E-state index contributed by atoms with van der Waals surface area (Å²) in [7, 11) is 0. The lowest BCUT2D eigenvalue weighted by molar-refractivity contribution is -0.133. The van der Waals surface area contributed by atoms with Crippen molar-refractivity contribution >= 4 is 28.3 Å². The summed E-state index contributed by atoms with van der Waals surface area (Å²) in [6.45, 7) is 3.29. The summed E-state index contributed by atoms with van der Waals surface area (Å²) in [4.78, 5) is 27.8. The fourth-order valence-corrected chi connectivity index (χ4v) is 4.32. The monoisotopic (exact) mass is 400 g/mol. The van der Waals surface area contributed by atoms with Crippen LogP contribution >= 0.6 is 0 Å². The second-order valence-electron chi connectivity index (χ2n) is 7.99. The normalized spacial score (nSPS) is 16.4. The van der Waals surface area contributed by atoms with E-state index in [1.807, 2.05) is 53.4 Å². The molecule has 0 aliphatic carbocycles. The molecule has 4 nitrogen and oxygen atoms in total. The average Bonchev–Trinajstić information content (AvgIpc) is 2.79. The van der Waals surface area contributed by atoms with Gasteiger partial charge in [-0.25, -0.2) is 0 Å². The number of aryl methyl sites for hydroxylation is 1. The van der Waals surface area contributed by atoms with Gasteiger partial charge in [-0.3, -0.25) is 9.59 Å². The number of anilines is 1. The predicted octanol–water partition coefficient (Wildman–Crippen LogP) is 4.82. The summed E-state index contributed by atoms with van der Waals surface area (Å²) in [5.41, 5.74) is 3.05. The summed E-state index contributed by atoms with van der Waals surface area (Å²) in [6, 6.07) is 22.2. The van der Waals surface area contributed by atoms with Gasteiger partial charge in [0.2, 0.25) is 11.8 Å². The average molecular weight is 401 g/mol. The smallest absolute Gasteiger partial charge is 0.229 e. The molecular formula is C26H28N2O2. The number of nitrogens with zero attached hydrogens (tertiary/aromatic N) is 1. The number of rotatable bonds is 5. The Labute approximate surface area is 177 Å². The maximum atomic E-state index is 13.0. The molecule has 1 atom stereocenters. The third kappa shape index (κ3) is 4.38. The SMILES string of the molecule is CCc1ccccc1NC(=O)[C@H]1CCCN(C(=O)Cc2cccc3ccccc23)C1. The van der Waals surface area contributed by atoms with Crippen LogP contribution in [0, 0.1) is 5.92 Å². The molecule has 0 spiro atoms. The summed E-state index contributed by atoms with van der Waals surface area (Å²) >= 11 is 0. The molecule has 2 amide bonds. The molecule has 0 bridgehead atoms. The fraction of sp³-hybridized carbons (Fsp3) is 0.308. The van der Waals surface area contributed by atoms with E-state index in [0.717, 1.165) is 53.4 Å². The number of hydrogen-bond donors (Lipinski definition) is 1. The molecule has 1 saturated heterocycles. The van der Waals surface area contributed by atoms with Crippen molar-refractivity contribution in [1.29, 1.82) is 0 Å². The molecule has 0 radical (unpaired) electrons. The molecule has 0 saturated carbocycles. The van der Waals surface area contributed by atoms with Gasteiger partial charge in [-0.05, 0) is 47.2 Å². The molecule has 3 aromatic carbocycles. The standard InChI is InChI=1S/C26H28N2O2/c1-2-19-9-4-6-15-24(19)27-26(30)22-13-8-16-28(18-22)25(29)17-21-12-7-11-20-10-3-5-14-23(20)21/h3-7,9-12,14-15,22H,2,8,13,16-18H2,1H3,(H,27,30)/t22-/m0/s1. The van der Waals surface area contributed by atoms with Gasteiger partial charge in [-0.2, -0.15) is 0 Å². The first-order valence-corrected chi connectivity index (χ1v) is 10.8. The molecule has 3 aromatic rings. The first kappa shape index (κ1) is 20.1.